The second kappa shape index (κ2) is 8.10. The molecule has 1 amide bonds. The molecule has 1 aliphatic heterocycles. The Morgan fingerprint density at radius 3 is 2.50 bits per heavy atom. The van der Waals surface area contributed by atoms with Gasteiger partial charge in [-0.15, -0.1) is 0 Å². The van der Waals surface area contributed by atoms with Crippen LogP contribution in [0.4, 0.5) is 0 Å². The van der Waals surface area contributed by atoms with E-state index in [-0.39, 0.29) is 12.0 Å². The predicted octanol–water partition coefficient (Wildman–Crippen LogP) is 1.18. The molecule has 5 nitrogen and oxygen atoms in total. The molecule has 2 fully saturated rings. The summed E-state index contributed by atoms with van der Waals surface area (Å²) >= 11 is 0. The van der Waals surface area contributed by atoms with Crippen molar-refractivity contribution in [2.45, 2.75) is 38.0 Å². The standard InChI is InChI=1S/C19H29N3O2/c1-20(14-16-6-3-2-4-7-16)15-19(24)22-12-10-21(11-13-22)17-8-5-9-18(17)23/h2-4,6-7,17-18,23H,5,8-15H2,1H3/t17-,18+/m0/s1. The Labute approximate surface area is 144 Å². The monoisotopic (exact) mass is 331 g/mol. The number of likely N-dealkylation sites (N-methyl/N-ethyl adjacent to an activating group) is 1. The summed E-state index contributed by atoms with van der Waals surface area (Å²) in [6.07, 6.45) is 2.96. The Morgan fingerprint density at radius 2 is 1.88 bits per heavy atom. The van der Waals surface area contributed by atoms with Crippen LogP contribution in [-0.2, 0) is 11.3 Å². The number of piperazine rings is 1. The van der Waals surface area contributed by atoms with Crippen molar-refractivity contribution in [3.63, 3.8) is 0 Å². The number of carbonyl (C=O) groups excluding carboxylic acids is 1. The number of aliphatic hydroxyl groups is 1. The van der Waals surface area contributed by atoms with E-state index < -0.39 is 0 Å². The molecule has 0 spiro atoms. The van der Waals surface area contributed by atoms with Crippen LogP contribution in [0, 0.1) is 0 Å². The van der Waals surface area contributed by atoms with Crippen LogP contribution in [0.25, 0.3) is 0 Å². The zero-order valence-corrected chi connectivity index (χ0v) is 14.6. The normalized spacial score (nSPS) is 25.4. The molecule has 1 aromatic rings. The third-order valence-electron chi connectivity index (χ3n) is 5.28. The van der Waals surface area contributed by atoms with Crippen LogP contribution in [-0.4, -0.2) is 77.6 Å². The molecular formula is C19H29N3O2. The summed E-state index contributed by atoms with van der Waals surface area (Å²) in [5, 5.41) is 10.0. The summed E-state index contributed by atoms with van der Waals surface area (Å²) in [7, 11) is 2.00. The minimum absolute atomic E-state index is 0.177. The lowest BCUT2D eigenvalue weighted by molar-refractivity contribution is -0.134. The molecule has 132 valence electrons. The van der Waals surface area contributed by atoms with Gasteiger partial charge in [0, 0.05) is 38.8 Å². The van der Waals surface area contributed by atoms with Gasteiger partial charge in [0.05, 0.1) is 12.6 Å². The lowest BCUT2D eigenvalue weighted by Gasteiger charge is -2.39. The lowest BCUT2D eigenvalue weighted by atomic mass is 10.1. The van der Waals surface area contributed by atoms with Crippen molar-refractivity contribution in [1.29, 1.82) is 0 Å². The van der Waals surface area contributed by atoms with Crippen molar-refractivity contribution in [3.05, 3.63) is 35.9 Å². The van der Waals surface area contributed by atoms with Crippen LogP contribution >= 0.6 is 0 Å². The minimum atomic E-state index is -0.177. The Hall–Kier alpha value is -1.43. The van der Waals surface area contributed by atoms with Gasteiger partial charge < -0.3 is 10.0 Å². The highest BCUT2D eigenvalue weighted by Crippen LogP contribution is 2.25. The van der Waals surface area contributed by atoms with Gasteiger partial charge in [0.2, 0.25) is 5.91 Å². The van der Waals surface area contributed by atoms with E-state index in [2.05, 4.69) is 21.9 Å². The molecule has 1 N–H and O–H groups in total. The fourth-order valence-electron chi connectivity index (χ4n) is 3.93. The number of hydrogen-bond donors (Lipinski definition) is 1. The predicted molar refractivity (Wildman–Crippen MR) is 94.6 cm³/mol. The first-order valence-electron chi connectivity index (χ1n) is 9.06. The number of nitrogens with zero attached hydrogens (tertiary/aromatic N) is 3. The van der Waals surface area contributed by atoms with Crippen molar-refractivity contribution in [3.8, 4) is 0 Å². The molecule has 1 aromatic carbocycles. The maximum absolute atomic E-state index is 12.5. The van der Waals surface area contributed by atoms with E-state index in [0.717, 1.165) is 52.0 Å². The molecule has 2 aliphatic rings. The maximum atomic E-state index is 12.5. The van der Waals surface area contributed by atoms with E-state index in [9.17, 15) is 9.90 Å². The molecule has 0 radical (unpaired) electrons. The molecule has 1 heterocycles. The van der Waals surface area contributed by atoms with E-state index in [1.165, 1.54) is 5.56 Å². The van der Waals surface area contributed by atoms with Gasteiger partial charge in [-0.25, -0.2) is 0 Å². The van der Waals surface area contributed by atoms with E-state index >= 15 is 0 Å². The average Bonchev–Trinajstić information content (AvgIpc) is 3.02. The molecule has 1 aliphatic carbocycles. The van der Waals surface area contributed by atoms with E-state index in [4.69, 9.17) is 0 Å². The second-order valence-electron chi connectivity index (χ2n) is 7.14. The van der Waals surface area contributed by atoms with Crippen molar-refractivity contribution >= 4 is 5.91 Å². The third-order valence-corrected chi connectivity index (χ3v) is 5.28. The highest BCUT2D eigenvalue weighted by molar-refractivity contribution is 5.78. The molecule has 5 heteroatoms. The first-order chi connectivity index (χ1) is 11.6. The number of benzene rings is 1. The van der Waals surface area contributed by atoms with E-state index in [1.54, 1.807) is 0 Å². The summed E-state index contributed by atoms with van der Waals surface area (Å²) < 4.78 is 0. The van der Waals surface area contributed by atoms with Gasteiger partial charge in [0.25, 0.3) is 0 Å². The van der Waals surface area contributed by atoms with E-state index in [1.807, 2.05) is 30.1 Å². The Morgan fingerprint density at radius 1 is 1.17 bits per heavy atom. The van der Waals surface area contributed by atoms with Crippen molar-refractivity contribution in [2.24, 2.45) is 0 Å². The van der Waals surface area contributed by atoms with Gasteiger partial charge in [-0.3, -0.25) is 14.6 Å². The first-order valence-corrected chi connectivity index (χ1v) is 9.06. The summed E-state index contributed by atoms with van der Waals surface area (Å²) in [6.45, 7) is 4.58. The molecule has 1 saturated carbocycles. The molecule has 0 unspecified atom stereocenters. The zero-order chi connectivity index (χ0) is 16.9. The topological polar surface area (TPSA) is 47.0 Å². The van der Waals surface area contributed by atoms with Crippen LogP contribution in [0.15, 0.2) is 30.3 Å². The van der Waals surface area contributed by atoms with Gasteiger partial charge in [0.15, 0.2) is 0 Å². The van der Waals surface area contributed by atoms with Crippen LogP contribution in [0.5, 0.6) is 0 Å². The largest absolute Gasteiger partial charge is 0.391 e. The minimum Gasteiger partial charge on any atom is -0.391 e. The van der Waals surface area contributed by atoms with Gasteiger partial charge in [0.1, 0.15) is 0 Å². The highest BCUT2D eigenvalue weighted by atomic mass is 16.3. The smallest absolute Gasteiger partial charge is 0.236 e. The van der Waals surface area contributed by atoms with Gasteiger partial charge in [-0.2, -0.15) is 0 Å². The summed E-state index contributed by atoms with van der Waals surface area (Å²) in [5.41, 5.74) is 1.23. The fourth-order valence-corrected chi connectivity index (χ4v) is 3.93. The molecule has 1 saturated heterocycles. The molecule has 0 aromatic heterocycles. The van der Waals surface area contributed by atoms with Gasteiger partial charge >= 0.3 is 0 Å². The van der Waals surface area contributed by atoms with Crippen LogP contribution in [0.3, 0.4) is 0 Å². The second-order valence-corrected chi connectivity index (χ2v) is 7.14. The van der Waals surface area contributed by atoms with Crippen molar-refractivity contribution < 1.29 is 9.90 Å². The number of carbonyl (C=O) groups is 1. The number of hydrogen-bond acceptors (Lipinski definition) is 4. The van der Waals surface area contributed by atoms with Crippen molar-refractivity contribution in [2.75, 3.05) is 39.8 Å². The number of aliphatic hydroxyl groups excluding tert-OH is 1. The first kappa shape index (κ1) is 17.4. The Balaban J connectivity index is 1.43. The van der Waals surface area contributed by atoms with Crippen LogP contribution in [0.2, 0.25) is 0 Å². The third kappa shape index (κ3) is 4.35. The molecule has 3 rings (SSSR count). The van der Waals surface area contributed by atoms with Gasteiger partial charge in [-0.05, 0) is 31.9 Å². The summed E-state index contributed by atoms with van der Waals surface area (Å²) in [6, 6.07) is 10.6. The van der Waals surface area contributed by atoms with E-state index in [0.29, 0.717) is 12.6 Å². The molecule has 24 heavy (non-hydrogen) atoms. The quantitative estimate of drug-likeness (QED) is 0.880. The number of rotatable bonds is 5. The lowest BCUT2D eigenvalue weighted by Crippen LogP contribution is -2.54. The molecule has 0 bridgehead atoms. The number of amides is 1. The van der Waals surface area contributed by atoms with Crippen molar-refractivity contribution in [1.82, 2.24) is 14.7 Å². The summed E-state index contributed by atoms with van der Waals surface area (Å²) in [5.74, 6) is 0.208. The summed E-state index contributed by atoms with van der Waals surface area (Å²) in [4.78, 5) is 18.9. The Kier molecular flexibility index (Phi) is 5.87. The highest BCUT2D eigenvalue weighted by Gasteiger charge is 2.33. The SMILES string of the molecule is CN(CC(=O)N1CCN([C@H]2CCC[C@H]2O)CC1)Cc1ccccc1. The fraction of sp³-hybridized carbons (Fsp3) is 0.632. The Bertz CT molecular complexity index is 529. The average molecular weight is 331 g/mol. The zero-order valence-electron chi connectivity index (χ0n) is 14.6. The maximum Gasteiger partial charge on any atom is 0.236 e. The van der Waals surface area contributed by atoms with Gasteiger partial charge in [-0.1, -0.05) is 30.3 Å². The van der Waals surface area contributed by atoms with Crippen LogP contribution < -0.4 is 0 Å². The molecule has 2 atom stereocenters. The molecular weight excluding hydrogens is 302 g/mol. The van der Waals surface area contributed by atoms with Crippen LogP contribution in [0.1, 0.15) is 24.8 Å².